The second kappa shape index (κ2) is 4.60. The molecule has 1 nitrogen and oxygen atoms in total. The van der Waals surface area contributed by atoms with Crippen LogP contribution in [0.2, 0.25) is 19.6 Å². The number of rotatable bonds is 4. The molecule has 0 unspecified atom stereocenters. The Balaban J connectivity index is 3.73. The lowest BCUT2D eigenvalue weighted by Crippen LogP contribution is -2.22. The fraction of sp³-hybridized carbons (Fsp3) is 0.778. The Bertz CT molecular complexity index is 133. The maximum Gasteiger partial charge on any atom is 0.241 e. The van der Waals surface area contributed by atoms with Gasteiger partial charge in [0.2, 0.25) is 8.32 Å². The third-order valence-corrected chi connectivity index (χ3v) is 2.08. The molecule has 66 valence electrons. The highest BCUT2D eigenvalue weighted by atomic mass is 28.4. The monoisotopic (exact) mass is 172 g/mol. The fourth-order valence-electron chi connectivity index (χ4n) is 0.731. The molecule has 0 amide bonds. The first kappa shape index (κ1) is 10.8. The smallest absolute Gasteiger partial charge is 0.241 e. The van der Waals surface area contributed by atoms with E-state index in [1.165, 1.54) is 12.0 Å². The van der Waals surface area contributed by atoms with E-state index in [-0.39, 0.29) is 0 Å². The summed E-state index contributed by atoms with van der Waals surface area (Å²) in [6.07, 6.45) is 4.30. The first-order valence-corrected chi connectivity index (χ1v) is 7.70. The van der Waals surface area contributed by atoms with Gasteiger partial charge in [-0.25, -0.2) is 0 Å². The van der Waals surface area contributed by atoms with E-state index in [0.717, 1.165) is 6.42 Å². The van der Waals surface area contributed by atoms with Crippen molar-refractivity contribution in [1.29, 1.82) is 0 Å². The van der Waals surface area contributed by atoms with Crippen molar-refractivity contribution < 1.29 is 4.43 Å². The minimum atomic E-state index is -1.33. The lowest BCUT2D eigenvalue weighted by atomic mass is 10.2. The van der Waals surface area contributed by atoms with E-state index in [4.69, 9.17) is 4.43 Å². The summed E-state index contributed by atoms with van der Waals surface area (Å²) in [4.78, 5) is 0. The molecule has 0 radical (unpaired) electrons. The highest BCUT2D eigenvalue weighted by molar-refractivity contribution is 6.69. The molecule has 2 heteroatoms. The van der Waals surface area contributed by atoms with Crippen molar-refractivity contribution in [3.63, 3.8) is 0 Å². The van der Waals surface area contributed by atoms with Crippen molar-refractivity contribution in [2.75, 3.05) is 0 Å². The molecule has 0 aromatic rings. The van der Waals surface area contributed by atoms with Gasteiger partial charge in [-0.15, -0.1) is 0 Å². The topological polar surface area (TPSA) is 9.23 Å². The molecule has 0 rings (SSSR count). The van der Waals surface area contributed by atoms with Crippen molar-refractivity contribution in [3.05, 3.63) is 11.8 Å². The molecule has 0 spiro atoms. The van der Waals surface area contributed by atoms with Crippen LogP contribution in [0.25, 0.3) is 0 Å². The maximum absolute atomic E-state index is 5.62. The van der Waals surface area contributed by atoms with E-state index in [1.54, 1.807) is 0 Å². The SMILES string of the molecule is CCCC(C)=CO[Si](C)(C)C. The van der Waals surface area contributed by atoms with Gasteiger partial charge >= 0.3 is 0 Å². The highest BCUT2D eigenvalue weighted by Crippen LogP contribution is 2.08. The Hall–Kier alpha value is -0.243. The van der Waals surface area contributed by atoms with Crippen LogP contribution >= 0.6 is 0 Å². The van der Waals surface area contributed by atoms with Gasteiger partial charge in [-0.3, -0.25) is 0 Å². The number of hydrogen-bond donors (Lipinski definition) is 0. The van der Waals surface area contributed by atoms with Gasteiger partial charge in [0.1, 0.15) is 0 Å². The minimum absolute atomic E-state index is 1.16. The third kappa shape index (κ3) is 7.66. The van der Waals surface area contributed by atoms with Gasteiger partial charge in [0.05, 0.1) is 6.26 Å². The zero-order valence-electron chi connectivity index (χ0n) is 8.40. The summed E-state index contributed by atoms with van der Waals surface area (Å²) in [6.45, 7) is 10.9. The van der Waals surface area contributed by atoms with Crippen LogP contribution in [0.15, 0.2) is 11.8 Å². The van der Waals surface area contributed by atoms with E-state index in [0.29, 0.717) is 0 Å². The molecular weight excluding hydrogens is 152 g/mol. The lowest BCUT2D eigenvalue weighted by molar-refractivity contribution is 0.470. The summed E-state index contributed by atoms with van der Waals surface area (Å²) >= 11 is 0. The molecule has 0 aliphatic carbocycles. The predicted molar refractivity (Wildman–Crippen MR) is 53.1 cm³/mol. The van der Waals surface area contributed by atoms with Crippen LogP contribution in [-0.4, -0.2) is 8.32 Å². The van der Waals surface area contributed by atoms with E-state index in [2.05, 4.69) is 33.5 Å². The zero-order chi connectivity index (χ0) is 8.91. The summed E-state index contributed by atoms with van der Waals surface area (Å²) in [5.41, 5.74) is 1.36. The maximum atomic E-state index is 5.62. The molecule has 0 heterocycles. The quantitative estimate of drug-likeness (QED) is 0.465. The normalized spacial score (nSPS) is 13.4. The van der Waals surface area contributed by atoms with Crippen LogP contribution in [0.3, 0.4) is 0 Å². The Labute approximate surface area is 71.6 Å². The van der Waals surface area contributed by atoms with Crippen molar-refractivity contribution in [1.82, 2.24) is 0 Å². The summed E-state index contributed by atoms with van der Waals surface area (Å²) in [5.74, 6) is 0. The molecule has 0 bridgehead atoms. The van der Waals surface area contributed by atoms with Crippen molar-refractivity contribution in [3.8, 4) is 0 Å². The molecule has 11 heavy (non-hydrogen) atoms. The van der Waals surface area contributed by atoms with Gasteiger partial charge in [-0.2, -0.15) is 0 Å². The van der Waals surface area contributed by atoms with Gasteiger partial charge in [0, 0.05) is 0 Å². The van der Waals surface area contributed by atoms with Gasteiger partial charge in [0.25, 0.3) is 0 Å². The standard InChI is InChI=1S/C9H20OSi/c1-6-7-9(2)8-10-11(3,4)5/h8H,6-7H2,1-5H3. The molecule has 0 atom stereocenters. The van der Waals surface area contributed by atoms with E-state index in [9.17, 15) is 0 Å². The number of allylic oxidation sites excluding steroid dienone is 1. The molecule has 0 N–H and O–H groups in total. The molecule has 0 saturated heterocycles. The second-order valence-corrected chi connectivity index (χ2v) is 8.40. The molecule has 0 saturated carbocycles. The second-order valence-electron chi connectivity index (χ2n) is 3.94. The third-order valence-electron chi connectivity index (χ3n) is 1.26. The molecule has 0 aromatic heterocycles. The summed E-state index contributed by atoms with van der Waals surface area (Å²) in [5, 5.41) is 0. The predicted octanol–water partition coefficient (Wildman–Crippen LogP) is 3.54. The Kier molecular flexibility index (Phi) is 4.50. The highest BCUT2D eigenvalue weighted by Gasteiger charge is 2.13. The summed E-state index contributed by atoms with van der Waals surface area (Å²) in [7, 11) is -1.33. The van der Waals surface area contributed by atoms with Crippen molar-refractivity contribution in [2.45, 2.75) is 46.3 Å². The molecular formula is C9H20OSi. The van der Waals surface area contributed by atoms with Gasteiger partial charge in [0.15, 0.2) is 0 Å². The van der Waals surface area contributed by atoms with Crippen molar-refractivity contribution in [2.24, 2.45) is 0 Å². The average Bonchev–Trinajstić information content (AvgIpc) is 1.83. The van der Waals surface area contributed by atoms with E-state index >= 15 is 0 Å². The van der Waals surface area contributed by atoms with Crippen LogP contribution in [0.4, 0.5) is 0 Å². The minimum Gasteiger partial charge on any atom is -0.550 e. The van der Waals surface area contributed by atoms with Crippen LogP contribution in [-0.2, 0) is 4.43 Å². The van der Waals surface area contributed by atoms with E-state index < -0.39 is 8.32 Å². The zero-order valence-corrected chi connectivity index (χ0v) is 9.40. The first-order valence-electron chi connectivity index (χ1n) is 4.29. The largest absolute Gasteiger partial charge is 0.550 e. The van der Waals surface area contributed by atoms with Crippen LogP contribution in [0.5, 0.6) is 0 Å². The Morgan fingerprint density at radius 1 is 1.36 bits per heavy atom. The lowest BCUT2D eigenvalue weighted by Gasteiger charge is -2.15. The number of hydrogen-bond acceptors (Lipinski definition) is 1. The van der Waals surface area contributed by atoms with Gasteiger partial charge < -0.3 is 4.43 Å². The molecule has 0 aromatic carbocycles. The fourth-order valence-corrected chi connectivity index (χ4v) is 1.29. The first-order chi connectivity index (χ1) is 4.95. The summed E-state index contributed by atoms with van der Waals surface area (Å²) in [6, 6.07) is 0. The van der Waals surface area contributed by atoms with Crippen LogP contribution in [0.1, 0.15) is 26.7 Å². The molecule has 0 aliphatic rings. The molecule has 0 aliphatic heterocycles. The van der Waals surface area contributed by atoms with E-state index in [1.807, 2.05) is 6.26 Å². The summed E-state index contributed by atoms with van der Waals surface area (Å²) < 4.78 is 5.62. The Morgan fingerprint density at radius 3 is 2.27 bits per heavy atom. The van der Waals surface area contributed by atoms with Crippen LogP contribution in [0, 0.1) is 0 Å². The van der Waals surface area contributed by atoms with Crippen molar-refractivity contribution >= 4 is 8.32 Å². The Morgan fingerprint density at radius 2 is 1.91 bits per heavy atom. The molecule has 0 fully saturated rings. The average molecular weight is 172 g/mol. The van der Waals surface area contributed by atoms with Crippen LogP contribution < -0.4 is 0 Å². The van der Waals surface area contributed by atoms with Gasteiger partial charge in [-0.05, 0) is 38.6 Å². The van der Waals surface area contributed by atoms with Gasteiger partial charge in [-0.1, -0.05) is 13.3 Å².